The van der Waals surface area contributed by atoms with E-state index in [1.807, 2.05) is 22.9 Å². The lowest BCUT2D eigenvalue weighted by Gasteiger charge is -2.33. The minimum atomic E-state index is -3.42. The largest absolute Gasteiger partial charge is 0.377 e. The maximum atomic E-state index is 12.2. The van der Waals surface area contributed by atoms with Gasteiger partial charge in [0, 0.05) is 22.0 Å². The van der Waals surface area contributed by atoms with Gasteiger partial charge >= 0.3 is 10.7 Å². The van der Waals surface area contributed by atoms with Gasteiger partial charge in [0.25, 0.3) is 0 Å². The van der Waals surface area contributed by atoms with E-state index in [0.29, 0.717) is 5.92 Å². The highest BCUT2D eigenvalue weighted by Crippen LogP contribution is 2.28. The number of hydrogen-bond donors (Lipinski definition) is 1. The van der Waals surface area contributed by atoms with Crippen LogP contribution < -0.4 is 5.32 Å². The zero-order valence-corrected chi connectivity index (χ0v) is 8.20. The highest BCUT2D eigenvalue weighted by atomic mass is 79.9. The lowest BCUT2D eigenvalue weighted by molar-refractivity contribution is -0.135. The molecule has 0 spiro atoms. The van der Waals surface area contributed by atoms with Gasteiger partial charge in [-0.2, -0.15) is 8.78 Å². The molecule has 1 rings (SSSR count). The van der Waals surface area contributed by atoms with Crippen LogP contribution in [0.25, 0.3) is 0 Å². The average molecular weight is 242 g/mol. The summed E-state index contributed by atoms with van der Waals surface area (Å²) in [6.07, 6.45) is 1.60. The van der Waals surface area contributed by atoms with Crippen LogP contribution >= 0.6 is 15.9 Å². The second-order valence-corrected chi connectivity index (χ2v) is 4.24. The summed E-state index contributed by atoms with van der Waals surface area (Å²) in [6.45, 7) is 2.02. The fraction of sp³-hybridized carbons (Fsp3) is 0.857. The number of halogens is 3. The van der Waals surface area contributed by atoms with Gasteiger partial charge < -0.3 is 5.32 Å². The molecule has 0 aromatic carbocycles. The molecule has 0 saturated heterocycles. The van der Waals surface area contributed by atoms with E-state index in [2.05, 4.69) is 5.32 Å². The van der Waals surface area contributed by atoms with E-state index in [1.165, 1.54) is 0 Å². The van der Waals surface area contributed by atoms with Crippen molar-refractivity contribution in [2.75, 3.05) is 0 Å². The quantitative estimate of drug-likeness (QED) is 0.736. The molecule has 1 amide bonds. The second-order valence-electron chi connectivity index (χ2n) is 3.24. The fourth-order valence-corrected chi connectivity index (χ4v) is 1.40. The molecule has 0 aliphatic heterocycles. The molecule has 2 nitrogen and oxygen atoms in total. The maximum Gasteiger partial charge on any atom is 0.377 e. The zero-order valence-electron chi connectivity index (χ0n) is 6.61. The first-order chi connectivity index (χ1) is 5.39. The summed E-state index contributed by atoms with van der Waals surface area (Å²) in [4.78, 5) is 7.24. The van der Waals surface area contributed by atoms with Gasteiger partial charge in [0.15, 0.2) is 0 Å². The SMILES string of the molecule is CC1CC(NC(=O)C(F)(F)Br)C1. The molecule has 1 aliphatic rings. The van der Waals surface area contributed by atoms with E-state index in [9.17, 15) is 13.6 Å². The Kier molecular flexibility index (Phi) is 2.70. The first-order valence-electron chi connectivity index (χ1n) is 3.77. The molecule has 0 aromatic heterocycles. The van der Waals surface area contributed by atoms with E-state index < -0.39 is 10.7 Å². The van der Waals surface area contributed by atoms with Gasteiger partial charge in [-0.3, -0.25) is 4.79 Å². The molecule has 0 atom stereocenters. The van der Waals surface area contributed by atoms with Crippen LogP contribution in [-0.4, -0.2) is 16.8 Å². The van der Waals surface area contributed by atoms with Crippen molar-refractivity contribution < 1.29 is 13.6 Å². The highest BCUT2D eigenvalue weighted by Gasteiger charge is 2.38. The van der Waals surface area contributed by atoms with E-state index in [0.717, 1.165) is 12.8 Å². The summed E-state index contributed by atoms with van der Waals surface area (Å²) >= 11 is 2.00. The Morgan fingerprint density at radius 3 is 2.42 bits per heavy atom. The van der Waals surface area contributed by atoms with Crippen molar-refractivity contribution in [1.82, 2.24) is 5.32 Å². The molecular formula is C7H10BrF2NO. The molecule has 70 valence electrons. The summed E-state index contributed by atoms with van der Waals surface area (Å²) in [6, 6.07) is -0.0593. The van der Waals surface area contributed by atoms with Crippen molar-refractivity contribution in [3.8, 4) is 0 Å². The van der Waals surface area contributed by atoms with Gasteiger partial charge in [-0.1, -0.05) is 6.92 Å². The van der Waals surface area contributed by atoms with Gasteiger partial charge in [-0.25, -0.2) is 0 Å². The monoisotopic (exact) mass is 241 g/mol. The third-order valence-corrected chi connectivity index (χ3v) is 2.33. The Labute approximate surface area is 77.8 Å². The first-order valence-corrected chi connectivity index (χ1v) is 4.56. The third kappa shape index (κ3) is 2.40. The summed E-state index contributed by atoms with van der Waals surface area (Å²) in [5, 5.41) is 2.25. The normalized spacial score (nSPS) is 29.3. The molecule has 1 fully saturated rings. The molecular weight excluding hydrogens is 232 g/mol. The van der Waals surface area contributed by atoms with Gasteiger partial charge in [0.2, 0.25) is 0 Å². The molecule has 0 unspecified atom stereocenters. The molecule has 0 bridgehead atoms. The topological polar surface area (TPSA) is 29.1 Å². The van der Waals surface area contributed by atoms with Gasteiger partial charge in [0.05, 0.1) is 0 Å². The summed E-state index contributed by atoms with van der Waals surface area (Å²) in [5.74, 6) is -0.696. The van der Waals surface area contributed by atoms with Gasteiger partial charge in [0.1, 0.15) is 0 Å². The van der Waals surface area contributed by atoms with Crippen molar-refractivity contribution in [3.05, 3.63) is 0 Å². The molecule has 0 aromatic rings. The van der Waals surface area contributed by atoms with E-state index in [-0.39, 0.29) is 6.04 Å². The van der Waals surface area contributed by atoms with Crippen LogP contribution in [0.2, 0.25) is 0 Å². The molecule has 5 heteroatoms. The van der Waals surface area contributed by atoms with Crippen LogP contribution in [0.4, 0.5) is 8.78 Å². The number of alkyl halides is 3. The van der Waals surface area contributed by atoms with Crippen molar-refractivity contribution >= 4 is 21.8 Å². The standard InChI is InChI=1S/C7H10BrF2NO/c1-4-2-5(3-4)11-6(12)7(8,9)10/h4-5H,2-3H2,1H3,(H,11,12). The molecule has 1 N–H and O–H groups in total. The van der Waals surface area contributed by atoms with Crippen molar-refractivity contribution in [2.45, 2.75) is 30.6 Å². The Hall–Kier alpha value is -0.190. The van der Waals surface area contributed by atoms with Crippen LogP contribution in [-0.2, 0) is 4.79 Å². The zero-order chi connectivity index (χ0) is 9.35. The smallest absolute Gasteiger partial charge is 0.347 e. The molecule has 1 saturated carbocycles. The van der Waals surface area contributed by atoms with Crippen molar-refractivity contribution in [1.29, 1.82) is 0 Å². The predicted molar refractivity (Wildman–Crippen MR) is 44.2 cm³/mol. The van der Waals surface area contributed by atoms with Gasteiger partial charge in [-0.05, 0) is 18.8 Å². The molecule has 1 aliphatic carbocycles. The highest BCUT2D eigenvalue weighted by molar-refractivity contribution is 9.10. The van der Waals surface area contributed by atoms with Crippen LogP contribution in [0.5, 0.6) is 0 Å². The molecule has 0 radical (unpaired) electrons. The van der Waals surface area contributed by atoms with Crippen LogP contribution in [0.3, 0.4) is 0 Å². The van der Waals surface area contributed by atoms with Gasteiger partial charge in [-0.15, -0.1) is 0 Å². The Bertz CT molecular complexity index is 186. The fourth-order valence-electron chi connectivity index (χ4n) is 1.29. The second kappa shape index (κ2) is 3.28. The average Bonchev–Trinajstić information content (AvgIpc) is 1.82. The van der Waals surface area contributed by atoms with Crippen LogP contribution in [0.1, 0.15) is 19.8 Å². The summed E-state index contributed by atoms with van der Waals surface area (Å²) < 4.78 is 24.5. The molecule has 12 heavy (non-hydrogen) atoms. The number of rotatable bonds is 2. The van der Waals surface area contributed by atoms with Crippen molar-refractivity contribution in [2.24, 2.45) is 5.92 Å². The predicted octanol–water partition coefficient (Wildman–Crippen LogP) is 1.89. The van der Waals surface area contributed by atoms with Crippen LogP contribution in [0.15, 0.2) is 0 Å². The number of amides is 1. The summed E-state index contributed by atoms with van der Waals surface area (Å²) in [7, 11) is 0. The Morgan fingerprint density at radius 1 is 1.58 bits per heavy atom. The van der Waals surface area contributed by atoms with E-state index >= 15 is 0 Å². The summed E-state index contributed by atoms with van der Waals surface area (Å²) in [5.41, 5.74) is 0. The maximum absolute atomic E-state index is 12.2. The molecule has 0 heterocycles. The minimum absolute atomic E-state index is 0.0593. The number of hydrogen-bond acceptors (Lipinski definition) is 1. The number of carbonyl (C=O) groups is 1. The van der Waals surface area contributed by atoms with E-state index in [1.54, 1.807) is 0 Å². The van der Waals surface area contributed by atoms with E-state index in [4.69, 9.17) is 0 Å². The Balaban J connectivity index is 2.28. The lowest BCUT2D eigenvalue weighted by Crippen LogP contribution is -2.47. The van der Waals surface area contributed by atoms with Crippen LogP contribution in [0, 0.1) is 5.92 Å². The first kappa shape index (κ1) is 9.89. The van der Waals surface area contributed by atoms with Crippen molar-refractivity contribution in [3.63, 3.8) is 0 Å². The lowest BCUT2D eigenvalue weighted by atomic mass is 9.82. The third-order valence-electron chi connectivity index (χ3n) is 1.97. The number of carbonyl (C=O) groups excluding carboxylic acids is 1. The minimum Gasteiger partial charge on any atom is -0.347 e. The number of nitrogens with one attached hydrogen (secondary N) is 1. The Morgan fingerprint density at radius 2 is 2.08 bits per heavy atom.